The van der Waals surface area contributed by atoms with Crippen LogP contribution in [-0.2, 0) is 0 Å². The molecule has 4 rings (SSSR count). The second-order valence-corrected chi connectivity index (χ2v) is 7.20. The zero-order valence-electron chi connectivity index (χ0n) is 14.1. The molecule has 0 aromatic heterocycles. The second-order valence-electron chi connectivity index (χ2n) is 6.80. The largest absolute Gasteiger partial charge is 0.378 e. The summed E-state index contributed by atoms with van der Waals surface area (Å²) < 4.78 is 0. The van der Waals surface area contributed by atoms with E-state index >= 15 is 0 Å². The van der Waals surface area contributed by atoms with Gasteiger partial charge in [0, 0.05) is 39.9 Å². The summed E-state index contributed by atoms with van der Waals surface area (Å²) in [6, 6.07) is 10.1. The molecule has 2 aliphatic rings. The van der Waals surface area contributed by atoms with E-state index in [-0.39, 0.29) is 29.3 Å². The summed E-state index contributed by atoms with van der Waals surface area (Å²) in [6.07, 6.45) is 5.14. The van der Waals surface area contributed by atoms with Gasteiger partial charge in [-0.25, -0.2) is 0 Å². The molecule has 0 fully saturated rings. The fourth-order valence-electron chi connectivity index (χ4n) is 4.00. The van der Waals surface area contributed by atoms with Gasteiger partial charge in [0.2, 0.25) is 0 Å². The Kier molecular flexibility index (Phi) is 4.04. The Morgan fingerprint density at radius 2 is 2.04 bits per heavy atom. The van der Waals surface area contributed by atoms with Gasteiger partial charge in [-0.15, -0.1) is 0 Å². The van der Waals surface area contributed by atoms with E-state index in [4.69, 9.17) is 11.6 Å². The fourth-order valence-corrected chi connectivity index (χ4v) is 4.24. The van der Waals surface area contributed by atoms with Crippen molar-refractivity contribution in [2.45, 2.75) is 25.3 Å². The number of hydrogen-bond acceptors (Lipinski definition) is 4. The lowest BCUT2D eigenvalue weighted by Gasteiger charge is -2.38. The Hall–Kier alpha value is -2.66. The molecule has 2 aromatic rings. The molecule has 1 aliphatic carbocycles. The van der Waals surface area contributed by atoms with Crippen molar-refractivity contribution in [3.05, 3.63) is 80.4 Å². The van der Waals surface area contributed by atoms with Crippen LogP contribution in [0, 0.1) is 16.0 Å². The molecule has 3 atom stereocenters. The summed E-state index contributed by atoms with van der Waals surface area (Å²) in [4.78, 5) is 22.5. The Morgan fingerprint density at radius 3 is 2.77 bits per heavy atom. The number of nitro groups is 1. The maximum Gasteiger partial charge on any atom is 0.269 e. The lowest BCUT2D eigenvalue weighted by Crippen LogP contribution is -2.29. The predicted octanol–water partition coefficient (Wildman–Crippen LogP) is 5.28. The molecule has 2 aromatic carbocycles. The van der Waals surface area contributed by atoms with Gasteiger partial charge in [0.15, 0.2) is 5.78 Å². The van der Waals surface area contributed by atoms with Crippen LogP contribution >= 0.6 is 11.6 Å². The standard InChI is InChI=1S/C20H17ClN2O3/c1-11(24)12-5-8-19-16(9-12)14-3-2-4-15(14)20(22-19)17-10-13(23(25)26)6-7-18(17)21/h2-3,5-10,14-15,20,22H,4H2,1H3/t14?,15?,20-/m0/s1. The van der Waals surface area contributed by atoms with Crippen molar-refractivity contribution < 1.29 is 9.72 Å². The minimum atomic E-state index is -0.403. The summed E-state index contributed by atoms with van der Waals surface area (Å²) in [5, 5.41) is 15.2. The summed E-state index contributed by atoms with van der Waals surface area (Å²) >= 11 is 6.39. The van der Waals surface area contributed by atoms with Gasteiger partial charge in [0.25, 0.3) is 5.69 Å². The van der Waals surface area contributed by atoms with E-state index in [0.29, 0.717) is 10.6 Å². The van der Waals surface area contributed by atoms with E-state index in [2.05, 4.69) is 17.5 Å². The van der Waals surface area contributed by atoms with Crippen molar-refractivity contribution in [3.8, 4) is 0 Å². The summed E-state index contributed by atoms with van der Waals surface area (Å²) in [6.45, 7) is 1.56. The van der Waals surface area contributed by atoms with Crippen LogP contribution in [-0.4, -0.2) is 10.7 Å². The van der Waals surface area contributed by atoms with Gasteiger partial charge in [-0.1, -0.05) is 23.8 Å². The normalized spacial score (nSPS) is 23.1. The number of non-ortho nitro benzene ring substituents is 1. The number of hydrogen-bond donors (Lipinski definition) is 1. The monoisotopic (exact) mass is 368 g/mol. The van der Waals surface area contributed by atoms with Crippen molar-refractivity contribution >= 4 is 28.8 Å². The van der Waals surface area contributed by atoms with Crippen LogP contribution in [0.3, 0.4) is 0 Å². The van der Waals surface area contributed by atoms with Gasteiger partial charge >= 0.3 is 0 Å². The van der Waals surface area contributed by atoms with Crippen LogP contribution in [0.4, 0.5) is 11.4 Å². The van der Waals surface area contributed by atoms with Crippen LogP contribution in [0.5, 0.6) is 0 Å². The molecular weight excluding hydrogens is 352 g/mol. The molecule has 1 N–H and O–H groups in total. The average Bonchev–Trinajstić information content (AvgIpc) is 3.11. The van der Waals surface area contributed by atoms with Gasteiger partial charge in [0.1, 0.15) is 0 Å². The van der Waals surface area contributed by atoms with Crippen molar-refractivity contribution in [1.29, 1.82) is 0 Å². The molecule has 0 amide bonds. The Morgan fingerprint density at radius 1 is 1.23 bits per heavy atom. The van der Waals surface area contributed by atoms with Crippen LogP contribution < -0.4 is 5.32 Å². The van der Waals surface area contributed by atoms with Gasteiger partial charge in [-0.2, -0.15) is 0 Å². The maximum absolute atomic E-state index is 11.7. The number of nitro benzene ring substituents is 1. The number of carbonyl (C=O) groups is 1. The first kappa shape index (κ1) is 16.8. The number of nitrogens with one attached hydrogen (secondary N) is 1. The molecule has 0 bridgehead atoms. The van der Waals surface area contributed by atoms with Crippen molar-refractivity contribution in [2.75, 3.05) is 5.32 Å². The lowest BCUT2D eigenvalue weighted by molar-refractivity contribution is -0.384. The lowest BCUT2D eigenvalue weighted by atomic mass is 9.76. The zero-order chi connectivity index (χ0) is 18.4. The van der Waals surface area contributed by atoms with Gasteiger partial charge in [-0.3, -0.25) is 14.9 Å². The molecule has 0 saturated heterocycles. The first-order valence-electron chi connectivity index (χ1n) is 8.47. The number of Topliss-reactive ketones (excluding diaryl/α,β-unsaturated/α-hetero) is 1. The smallest absolute Gasteiger partial charge is 0.269 e. The molecule has 5 nitrogen and oxygen atoms in total. The number of halogens is 1. The number of anilines is 1. The van der Waals surface area contributed by atoms with Gasteiger partial charge in [0.05, 0.1) is 11.0 Å². The van der Waals surface area contributed by atoms with Crippen LogP contribution in [0.25, 0.3) is 0 Å². The number of nitrogens with zero attached hydrogens (tertiary/aromatic N) is 1. The zero-order valence-corrected chi connectivity index (χ0v) is 14.9. The molecule has 0 saturated carbocycles. The van der Waals surface area contributed by atoms with Crippen molar-refractivity contribution in [1.82, 2.24) is 0 Å². The van der Waals surface area contributed by atoms with E-state index in [1.54, 1.807) is 25.1 Å². The highest BCUT2D eigenvalue weighted by Crippen LogP contribution is 2.51. The molecule has 2 unspecified atom stereocenters. The third kappa shape index (κ3) is 2.69. The highest BCUT2D eigenvalue weighted by molar-refractivity contribution is 6.31. The maximum atomic E-state index is 11.7. The number of rotatable bonds is 3. The number of carbonyl (C=O) groups excluding carboxylic acids is 1. The Labute approximate surface area is 155 Å². The predicted molar refractivity (Wildman–Crippen MR) is 101 cm³/mol. The van der Waals surface area contributed by atoms with Crippen LogP contribution in [0.15, 0.2) is 48.6 Å². The molecule has 26 heavy (non-hydrogen) atoms. The van der Waals surface area contributed by atoms with Crippen molar-refractivity contribution in [2.24, 2.45) is 5.92 Å². The van der Waals surface area contributed by atoms with E-state index in [1.165, 1.54) is 6.07 Å². The summed E-state index contributed by atoms with van der Waals surface area (Å²) in [5.41, 5.74) is 3.49. The molecule has 1 aliphatic heterocycles. The molecule has 132 valence electrons. The highest BCUT2D eigenvalue weighted by atomic mass is 35.5. The third-order valence-corrected chi connectivity index (χ3v) is 5.64. The molecule has 1 heterocycles. The van der Waals surface area contributed by atoms with E-state index < -0.39 is 4.92 Å². The molecule has 0 radical (unpaired) electrons. The molecule has 0 spiro atoms. The third-order valence-electron chi connectivity index (χ3n) is 5.29. The number of allylic oxidation sites excluding steroid dienone is 2. The Bertz CT molecular complexity index is 954. The first-order chi connectivity index (χ1) is 12.5. The highest BCUT2D eigenvalue weighted by Gasteiger charge is 2.39. The minimum absolute atomic E-state index is 0.0337. The average molecular weight is 369 g/mol. The van der Waals surface area contributed by atoms with Crippen LogP contribution in [0.1, 0.15) is 46.8 Å². The second kappa shape index (κ2) is 6.25. The minimum Gasteiger partial charge on any atom is -0.378 e. The summed E-state index contributed by atoms with van der Waals surface area (Å²) in [7, 11) is 0. The van der Waals surface area contributed by atoms with E-state index in [0.717, 1.165) is 23.2 Å². The quantitative estimate of drug-likeness (QED) is 0.346. The number of benzene rings is 2. The molecular formula is C20H17ClN2O3. The number of ketones is 1. The van der Waals surface area contributed by atoms with Gasteiger partial charge < -0.3 is 5.32 Å². The number of fused-ring (bicyclic) bond motifs is 3. The first-order valence-corrected chi connectivity index (χ1v) is 8.85. The fraction of sp³-hybridized carbons (Fsp3) is 0.250. The Balaban J connectivity index is 1.80. The SMILES string of the molecule is CC(=O)c1ccc2c(c1)C1C=CCC1[C@@H](c1cc([N+](=O)[O-])ccc1Cl)N2. The van der Waals surface area contributed by atoms with Gasteiger partial charge in [-0.05, 0) is 49.1 Å². The van der Waals surface area contributed by atoms with E-state index in [9.17, 15) is 14.9 Å². The topological polar surface area (TPSA) is 72.2 Å². The van der Waals surface area contributed by atoms with Crippen LogP contribution in [0.2, 0.25) is 5.02 Å². The summed E-state index contributed by atoms with van der Waals surface area (Å²) in [5.74, 6) is 0.394. The van der Waals surface area contributed by atoms with Crippen molar-refractivity contribution in [3.63, 3.8) is 0 Å². The molecule has 6 heteroatoms. The van der Waals surface area contributed by atoms with E-state index in [1.807, 2.05) is 12.1 Å².